The van der Waals surface area contributed by atoms with Gasteiger partial charge in [0.05, 0.1) is 6.61 Å². The van der Waals surface area contributed by atoms with Gasteiger partial charge in [-0.2, -0.15) is 0 Å². The van der Waals surface area contributed by atoms with Crippen molar-refractivity contribution in [3.63, 3.8) is 0 Å². The van der Waals surface area contributed by atoms with Crippen LogP contribution in [-0.2, 0) is 0 Å². The topological polar surface area (TPSA) is 49.5 Å². The summed E-state index contributed by atoms with van der Waals surface area (Å²) >= 11 is 0. The van der Waals surface area contributed by atoms with Gasteiger partial charge in [-0.1, -0.05) is 6.42 Å². The lowest BCUT2D eigenvalue weighted by Crippen LogP contribution is -2.40. The predicted molar refractivity (Wildman–Crippen MR) is 52.1 cm³/mol. The van der Waals surface area contributed by atoms with Crippen molar-refractivity contribution in [2.24, 2.45) is 5.73 Å². The molecule has 12 heavy (non-hydrogen) atoms. The number of nitrogens with zero attached hydrogens (tertiary/aromatic N) is 1. The molecule has 0 saturated heterocycles. The predicted octanol–water partition coefficient (Wildman–Crippen LogP) is 0.428. The van der Waals surface area contributed by atoms with Crippen molar-refractivity contribution in [2.45, 2.75) is 31.7 Å². The molecule has 3 N–H and O–H groups in total. The molecule has 3 heteroatoms. The molecule has 1 unspecified atom stereocenters. The van der Waals surface area contributed by atoms with Gasteiger partial charge in [-0.15, -0.1) is 0 Å². The SMILES string of the molecule is CN(C)CCCCC(C)(N)CO. The molecule has 1 atom stereocenters. The quantitative estimate of drug-likeness (QED) is 0.574. The van der Waals surface area contributed by atoms with Crippen LogP contribution in [-0.4, -0.2) is 42.8 Å². The Bertz CT molecular complexity index is 113. The molecule has 0 aliphatic rings. The highest BCUT2D eigenvalue weighted by molar-refractivity contribution is 4.76. The van der Waals surface area contributed by atoms with Crippen molar-refractivity contribution in [3.05, 3.63) is 0 Å². The largest absolute Gasteiger partial charge is 0.394 e. The van der Waals surface area contributed by atoms with Crippen LogP contribution in [0.25, 0.3) is 0 Å². The van der Waals surface area contributed by atoms with Gasteiger partial charge in [0.25, 0.3) is 0 Å². The van der Waals surface area contributed by atoms with Crippen LogP contribution in [0.3, 0.4) is 0 Å². The molecule has 0 aromatic heterocycles. The van der Waals surface area contributed by atoms with Gasteiger partial charge in [0, 0.05) is 5.54 Å². The van der Waals surface area contributed by atoms with E-state index in [2.05, 4.69) is 19.0 Å². The molecule has 0 heterocycles. The molecule has 0 bridgehead atoms. The zero-order chi connectivity index (χ0) is 9.61. The highest BCUT2D eigenvalue weighted by Gasteiger charge is 2.15. The minimum absolute atomic E-state index is 0.0783. The Morgan fingerprint density at radius 3 is 2.33 bits per heavy atom. The lowest BCUT2D eigenvalue weighted by molar-refractivity contribution is 0.196. The fraction of sp³-hybridized carbons (Fsp3) is 1.00. The molecule has 74 valence electrons. The number of rotatable bonds is 6. The number of aliphatic hydroxyl groups is 1. The summed E-state index contributed by atoms with van der Waals surface area (Å²) in [5.41, 5.74) is 5.39. The molecule has 0 fully saturated rings. The number of unbranched alkanes of at least 4 members (excludes halogenated alkanes) is 1. The standard InChI is InChI=1S/C9H22N2O/c1-9(10,8-12)6-4-5-7-11(2)3/h12H,4-8,10H2,1-3H3. The third-order valence-electron chi connectivity index (χ3n) is 1.96. The monoisotopic (exact) mass is 174 g/mol. The first-order valence-corrected chi connectivity index (χ1v) is 4.52. The summed E-state index contributed by atoms with van der Waals surface area (Å²) in [6.45, 7) is 3.07. The van der Waals surface area contributed by atoms with E-state index in [4.69, 9.17) is 10.8 Å². The Balaban J connectivity index is 3.31. The maximum absolute atomic E-state index is 8.87. The van der Waals surface area contributed by atoms with Crippen LogP contribution in [0, 0.1) is 0 Å². The van der Waals surface area contributed by atoms with Crippen molar-refractivity contribution in [3.8, 4) is 0 Å². The molecule has 0 aromatic rings. The van der Waals surface area contributed by atoms with Gasteiger partial charge in [-0.05, 0) is 40.4 Å². The van der Waals surface area contributed by atoms with Gasteiger partial charge in [0.2, 0.25) is 0 Å². The van der Waals surface area contributed by atoms with E-state index >= 15 is 0 Å². The smallest absolute Gasteiger partial charge is 0.0608 e. The molecular weight excluding hydrogens is 152 g/mol. The van der Waals surface area contributed by atoms with E-state index < -0.39 is 0 Å². The number of hydrogen-bond donors (Lipinski definition) is 2. The van der Waals surface area contributed by atoms with Crippen LogP contribution in [0.15, 0.2) is 0 Å². The number of aliphatic hydroxyl groups excluding tert-OH is 1. The summed E-state index contributed by atoms with van der Waals surface area (Å²) < 4.78 is 0. The lowest BCUT2D eigenvalue weighted by atomic mass is 9.97. The molecule has 0 amide bonds. The van der Waals surface area contributed by atoms with E-state index in [1.165, 1.54) is 0 Å². The van der Waals surface area contributed by atoms with Crippen LogP contribution in [0.2, 0.25) is 0 Å². The van der Waals surface area contributed by atoms with E-state index in [9.17, 15) is 0 Å². The fourth-order valence-electron chi connectivity index (χ4n) is 1.04. The maximum atomic E-state index is 8.87. The van der Waals surface area contributed by atoms with Crippen LogP contribution in [0.4, 0.5) is 0 Å². The second-order valence-corrected chi connectivity index (χ2v) is 4.07. The Labute approximate surface area is 75.6 Å². The normalized spacial score (nSPS) is 16.5. The third-order valence-corrected chi connectivity index (χ3v) is 1.96. The Morgan fingerprint density at radius 2 is 1.92 bits per heavy atom. The summed E-state index contributed by atoms with van der Waals surface area (Å²) in [7, 11) is 4.13. The minimum Gasteiger partial charge on any atom is -0.394 e. The highest BCUT2D eigenvalue weighted by atomic mass is 16.3. The lowest BCUT2D eigenvalue weighted by Gasteiger charge is -2.21. The summed E-state index contributed by atoms with van der Waals surface area (Å²) in [6, 6.07) is 0. The first-order chi connectivity index (χ1) is 5.48. The van der Waals surface area contributed by atoms with E-state index in [1.54, 1.807) is 0 Å². The van der Waals surface area contributed by atoms with Gasteiger partial charge in [0.15, 0.2) is 0 Å². The van der Waals surface area contributed by atoms with Gasteiger partial charge < -0.3 is 15.7 Å². The minimum atomic E-state index is -0.383. The summed E-state index contributed by atoms with van der Waals surface area (Å²) in [6.07, 6.45) is 3.14. The maximum Gasteiger partial charge on any atom is 0.0608 e. The average Bonchev–Trinajstić information content (AvgIpc) is 1.98. The van der Waals surface area contributed by atoms with Crippen molar-refractivity contribution in [1.29, 1.82) is 0 Å². The number of nitrogens with two attached hydrogens (primary N) is 1. The van der Waals surface area contributed by atoms with Gasteiger partial charge in [-0.3, -0.25) is 0 Å². The summed E-state index contributed by atoms with van der Waals surface area (Å²) in [4.78, 5) is 2.16. The molecule has 0 aliphatic heterocycles. The zero-order valence-corrected chi connectivity index (χ0v) is 8.51. The van der Waals surface area contributed by atoms with Crippen molar-refractivity contribution >= 4 is 0 Å². The first-order valence-electron chi connectivity index (χ1n) is 4.52. The molecule has 0 aromatic carbocycles. The average molecular weight is 174 g/mol. The van der Waals surface area contributed by atoms with E-state index in [1.807, 2.05) is 6.92 Å². The third kappa shape index (κ3) is 6.58. The summed E-state index contributed by atoms with van der Waals surface area (Å²) in [5.74, 6) is 0. The highest BCUT2D eigenvalue weighted by Crippen LogP contribution is 2.09. The Kier molecular flexibility index (Phi) is 5.46. The van der Waals surface area contributed by atoms with E-state index in [0.717, 1.165) is 25.8 Å². The van der Waals surface area contributed by atoms with Gasteiger partial charge >= 0.3 is 0 Å². The van der Waals surface area contributed by atoms with Crippen molar-refractivity contribution < 1.29 is 5.11 Å². The van der Waals surface area contributed by atoms with Crippen LogP contribution in [0.1, 0.15) is 26.2 Å². The van der Waals surface area contributed by atoms with Crippen LogP contribution in [0.5, 0.6) is 0 Å². The Morgan fingerprint density at radius 1 is 1.33 bits per heavy atom. The second-order valence-electron chi connectivity index (χ2n) is 4.07. The molecule has 0 aliphatic carbocycles. The molecule has 0 radical (unpaired) electrons. The molecule has 0 rings (SSSR count). The molecular formula is C9H22N2O. The van der Waals surface area contributed by atoms with E-state index in [-0.39, 0.29) is 12.1 Å². The van der Waals surface area contributed by atoms with Crippen LogP contribution < -0.4 is 5.73 Å². The van der Waals surface area contributed by atoms with Crippen LogP contribution >= 0.6 is 0 Å². The Hall–Kier alpha value is -0.120. The molecule has 0 spiro atoms. The fourth-order valence-corrected chi connectivity index (χ4v) is 1.04. The molecule has 3 nitrogen and oxygen atoms in total. The van der Waals surface area contributed by atoms with E-state index in [0.29, 0.717) is 0 Å². The zero-order valence-electron chi connectivity index (χ0n) is 8.51. The number of hydrogen-bond acceptors (Lipinski definition) is 3. The second kappa shape index (κ2) is 5.51. The van der Waals surface area contributed by atoms with Gasteiger partial charge in [0.1, 0.15) is 0 Å². The van der Waals surface area contributed by atoms with Crippen molar-refractivity contribution in [1.82, 2.24) is 4.90 Å². The first kappa shape index (κ1) is 11.9. The summed E-state index contributed by atoms with van der Waals surface area (Å²) in [5, 5.41) is 8.87. The van der Waals surface area contributed by atoms with Gasteiger partial charge in [-0.25, -0.2) is 0 Å². The van der Waals surface area contributed by atoms with Crippen molar-refractivity contribution in [2.75, 3.05) is 27.2 Å². The molecule has 0 saturated carbocycles.